The van der Waals surface area contributed by atoms with E-state index in [1.54, 1.807) is 18.2 Å². The minimum atomic E-state index is -0.297. The van der Waals surface area contributed by atoms with Crippen LogP contribution in [0.4, 0.5) is 0 Å². The lowest BCUT2D eigenvalue weighted by Crippen LogP contribution is -2.34. The lowest BCUT2D eigenvalue weighted by molar-refractivity contribution is 0.0911. The van der Waals surface area contributed by atoms with Gasteiger partial charge in [0.05, 0.1) is 6.26 Å². The van der Waals surface area contributed by atoms with Crippen LogP contribution in [-0.2, 0) is 0 Å². The Morgan fingerprint density at radius 2 is 1.57 bits per heavy atom. The molecule has 23 heavy (non-hydrogen) atoms. The first-order valence-corrected chi connectivity index (χ1v) is 7.33. The van der Waals surface area contributed by atoms with Gasteiger partial charge >= 0.3 is 0 Å². The summed E-state index contributed by atoms with van der Waals surface area (Å²) in [6.45, 7) is 0.671. The molecule has 2 N–H and O–H groups in total. The van der Waals surface area contributed by atoms with Crippen LogP contribution in [0.2, 0.25) is 0 Å². The highest BCUT2D eigenvalue weighted by atomic mass is 16.3. The Labute approximate surface area is 133 Å². The van der Waals surface area contributed by atoms with E-state index >= 15 is 0 Å². The smallest absolute Gasteiger partial charge is 0.287 e. The summed E-state index contributed by atoms with van der Waals surface area (Å²) in [4.78, 5) is 24.0. The van der Waals surface area contributed by atoms with Crippen molar-refractivity contribution in [1.29, 1.82) is 0 Å². The summed E-state index contributed by atoms with van der Waals surface area (Å²) < 4.78 is 4.99. The van der Waals surface area contributed by atoms with Gasteiger partial charge in [-0.15, -0.1) is 0 Å². The average molecular weight is 308 g/mol. The number of carbonyl (C=O) groups is 2. The molecule has 0 atom stereocenters. The van der Waals surface area contributed by atoms with Crippen molar-refractivity contribution in [1.82, 2.24) is 10.6 Å². The number of hydrogen-bond donors (Lipinski definition) is 2. The number of fused-ring (bicyclic) bond motifs is 1. The molecule has 3 rings (SSSR count). The van der Waals surface area contributed by atoms with Crippen LogP contribution in [0.15, 0.2) is 65.3 Å². The van der Waals surface area contributed by atoms with Crippen LogP contribution in [0.5, 0.6) is 0 Å². The molecule has 0 aliphatic heterocycles. The van der Waals surface area contributed by atoms with Crippen LogP contribution in [0.3, 0.4) is 0 Å². The zero-order valence-electron chi connectivity index (χ0n) is 12.4. The number of benzene rings is 2. The molecular weight excluding hydrogens is 292 g/mol. The molecule has 5 heteroatoms. The molecule has 3 aromatic rings. The van der Waals surface area contributed by atoms with Crippen molar-refractivity contribution in [3.8, 4) is 0 Å². The highest BCUT2D eigenvalue weighted by Crippen LogP contribution is 2.18. The Morgan fingerprint density at radius 3 is 2.35 bits per heavy atom. The van der Waals surface area contributed by atoms with Gasteiger partial charge in [0, 0.05) is 18.7 Å². The minimum absolute atomic E-state index is 0.158. The van der Waals surface area contributed by atoms with Crippen molar-refractivity contribution in [2.75, 3.05) is 13.1 Å². The van der Waals surface area contributed by atoms with E-state index in [1.807, 2.05) is 36.4 Å². The maximum Gasteiger partial charge on any atom is 0.287 e. The van der Waals surface area contributed by atoms with Crippen LogP contribution < -0.4 is 10.6 Å². The third-order valence-electron chi connectivity index (χ3n) is 3.48. The maximum absolute atomic E-state index is 12.3. The molecule has 2 aromatic carbocycles. The van der Waals surface area contributed by atoms with Gasteiger partial charge in [-0.1, -0.05) is 36.4 Å². The first-order chi connectivity index (χ1) is 11.3. The van der Waals surface area contributed by atoms with Gasteiger partial charge in [-0.25, -0.2) is 0 Å². The number of rotatable bonds is 5. The van der Waals surface area contributed by atoms with Crippen LogP contribution >= 0.6 is 0 Å². The molecule has 0 unspecified atom stereocenters. The van der Waals surface area contributed by atoms with Crippen LogP contribution in [0, 0.1) is 0 Å². The zero-order chi connectivity index (χ0) is 16.1. The molecule has 116 valence electrons. The lowest BCUT2D eigenvalue weighted by atomic mass is 10.0. The SMILES string of the molecule is O=C(NCCNC(=O)c1cccc2ccccc12)c1ccco1. The van der Waals surface area contributed by atoms with Gasteiger partial charge in [-0.05, 0) is 29.0 Å². The summed E-state index contributed by atoms with van der Waals surface area (Å²) in [5.41, 5.74) is 0.625. The molecule has 0 saturated carbocycles. The van der Waals surface area contributed by atoms with Crippen molar-refractivity contribution < 1.29 is 14.0 Å². The molecule has 0 bridgehead atoms. The summed E-state index contributed by atoms with van der Waals surface area (Å²) in [5, 5.41) is 7.42. The fourth-order valence-electron chi connectivity index (χ4n) is 2.37. The third-order valence-corrected chi connectivity index (χ3v) is 3.48. The molecule has 0 saturated heterocycles. The number of carbonyl (C=O) groups excluding carboxylic acids is 2. The maximum atomic E-state index is 12.3. The van der Waals surface area contributed by atoms with Gasteiger partial charge in [-0.3, -0.25) is 9.59 Å². The second-order valence-electron chi connectivity index (χ2n) is 5.02. The summed E-state index contributed by atoms with van der Waals surface area (Å²) in [7, 11) is 0. The molecule has 0 fully saturated rings. The van der Waals surface area contributed by atoms with E-state index in [2.05, 4.69) is 10.6 Å². The molecule has 5 nitrogen and oxygen atoms in total. The standard InChI is InChI=1S/C18H16N2O3/c21-17(15-8-3-6-13-5-1-2-7-14(13)15)19-10-11-20-18(22)16-9-4-12-23-16/h1-9,12H,10-11H2,(H,19,21)(H,20,22). The second kappa shape index (κ2) is 6.79. The zero-order valence-corrected chi connectivity index (χ0v) is 12.4. The van der Waals surface area contributed by atoms with Gasteiger partial charge in [-0.2, -0.15) is 0 Å². The Balaban J connectivity index is 1.56. The molecule has 1 aromatic heterocycles. The normalized spacial score (nSPS) is 10.4. The highest BCUT2D eigenvalue weighted by molar-refractivity contribution is 6.07. The molecule has 2 amide bonds. The van der Waals surface area contributed by atoms with Gasteiger partial charge in [0.1, 0.15) is 0 Å². The third kappa shape index (κ3) is 3.40. The monoisotopic (exact) mass is 308 g/mol. The first kappa shape index (κ1) is 14.8. The van der Waals surface area contributed by atoms with Gasteiger partial charge in [0.2, 0.25) is 0 Å². The van der Waals surface area contributed by atoms with Crippen LogP contribution in [-0.4, -0.2) is 24.9 Å². The van der Waals surface area contributed by atoms with Crippen molar-refractivity contribution in [2.24, 2.45) is 0 Å². The van der Waals surface area contributed by atoms with E-state index < -0.39 is 0 Å². The fourth-order valence-corrected chi connectivity index (χ4v) is 2.37. The van der Waals surface area contributed by atoms with Crippen molar-refractivity contribution >= 4 is 22.6 Å². The first-order valence-electron chi connectivity index (χ1n) is 7.33. The van der Waals surface area contributed by atoms with Crippen molar-refractivity contribution in [3.63, 3.8) is 0 Å². The van der Waals surface area contributed by atoms with E-state index in [1.165, 1.54) is 6.26 Å². The van der Waals surface area contributed by atoms with E-state index in [0.29, 0.717) is 18.7 Å². The molecule has 0 radical (unpaired) electrons. The van der Waals surface area contributed by atoms with Crippen LogP contribution in [0.1, 0.15) is 20.9 Å². The van der Waals surface area contributed by atoms with Crippen molar-refractivity contribution in [2.45, 2.75) is 0 Å². The highest BCUT2D eigenvalue weighted by Gasteiger charge is 2.10. The fraction of sp³-hybridized carbons (Fsp3) is 0.111. The molecule has 1 heterocycles. The van der Waals surface area contributed by atoms with E-state index in [9.17, 15) is 9.59 Å². The summed E-state index contributed by atoms with van der Waals surface area (Å²) in [6.07, 6.45) is 1.44. The Morgan fingerprint density at radius 1 is 0.826 bits per heavy atom. The van der Waals surface area contributed by atoms with E-state index in [4.69, 9.17) is 4.42 Å². The van der Waals surface area contributed by atoms with Gasteiger partial charge < -0.3 is 15.1 Å². The Kier molecular flexibility index (Phi) is 4.38. The largest absolute Gasteiger partial charge is 0.459 e. The number of nitrogens with one attached hydrogen (secondary N) is 2. The topological polar surface area (TPSA) is 71.3 Å². The Bertz CT molecular complexity index is 820. The Hall–Kier alpha value is -3.08. The molecular formula is C18H16N2O3. The van der Waals surface area contributed by atoms with Gasteiger partial charge in [0.15, 0.2) is 5.76 Å². The predicted octanol–water partition coefficient (Wildman–Crippen LogP) is 2.59. The second-order valence-corrected chi connectivity index (χ2v) is 5.02. The average Bonchev–Trinajstić information content (AvgIpc) is 3.12. The number of amides is 2. The number of furan rings is 1. The molecule has 0 spiro atoms. The lowest BCUT2D eigenvalue weighted by Gasteiger charge is -2.08. The molecule has 0 aliphatic carbocycles. The van der Waals surface area contributed by atoms with E-state index in [0.717, 1.165) is 10.8 Å². The summed E-state index contributed by atoms with van der Waals surface area (Å²) in [5.74, 6) is -0.200. The summed E-state index contributed by atoms with van der Waals surface area (Å²) in [6, 6.07) is 16.6. The number of hydrogen-bond acceptors (Lipinski definition) is 3. The minimum Gasteiger partial charge on any atom is -0.459 e. The van der Waals surface area contributed by atoms with Gasteiger partial charge in [0.25, 0.3) is 11.8 Å². The molecule has 0 aliphatic rings. The predicted molar refractivity (Wildman–Crippen MR) is 87.3 cm³/mol. The summed E-state index contributed by atoms with van der Waals surface area (Å²) >= 11 is 0. The van der Waals surface area contributed by atoms with Crippen molar-refractivity contribution in [3.05, 3.63) is 72.2 Å². The van der Waals surface area contributed by atoms with Crippen LogP contribution in [0.25, 0.3) is 10.8 Å². The van der Waals surface area contributed by atoms with E-state index in [-0.39, 0.29) is 17.6 Å². The quantitative estimate of drug-likeness (QED) is 0.712.